The van der Waals surface area contributed by atoms with Gasteiger partial charge in [0, 0.05) is 17.9 Å². The fraction of sp³-hybridized carbons (Fsp3) is 0.533. The summed E-state index contributed by atoms with van der Waals surface area (Å²) in [5.74, 6) is 2.02. The summed E-state index contributed by atoms with van der Waals surface area (Å²) < 4.78 is 5.30. The van der Waals surface area contributed by atoms with Crippen molar-refractivity contribution in [3.63, 3.8) is 0 Å². The number of hydrogen-bond acceptors (Lipinski definition) is 2. The van der Waals surface area contributed by atoms with Crippen LogP contribution in [0.1, 0.15) is 30.9 Å². The van der Waals surface area contributed by atoms with Gasteiger partial charge >= 0.3 is 0 Å². The van der Waals surface area contributed by atoms with Gasteiger partial charge < -0.3 is 4.74 Å². The smallest absolute Gasteiger partial charge is 0.140 e. The molecule has 0 radical (unpaired) electrons. The largest absolute Gasteiger partial charge is 0.496 e. The Morgan fingerprint density at radius 1 is 1.47 bits per heavy atom. The molecule has 0 N–H and O–H groups in total. The van der Waals surface area contributed by atoms with Crippen molar-refractivity contribution in [2.24, 2.45) is 11.8 Å². The Morgan fingerprint density at radius 3 is 2.76 bits per heavy atom. The van der Waals surface area contributed by atoms with Gasteiger partial charge in [-0.3, -0.25) is 4.79 Å². The maximum Gasteiger partial charge on any atom is 0.140 e. The van der Waals surface area contributed by atoms with E-state index in [0.29, 0.717) is 18.1 Å². The molecule has 0 amide bonds. The molecule has 0 spiro atoms. The van der Waals surface area contributed by atoms with Crippen molar-refractivity contribution >= 4 is 5.78 Å². The summed E-state index contributed by atoms with van der Waals surface area (Å²) in [6.45, 7) is 4.10. The van der Waals surface area contributed by atoms with Gasteiger partial charge in [0.25, 0.3) is 0 Å². The number of ketones is 1. The Hall–Kier alpha value is -1.31. The lowest BCUT2D eigenvalue weighted by molar-refractivity contribution is -0.122. The zero-order chi connectivity index (χ0) is 12.4. The van der Waals surface area contributed by atoms with Crippen molar-refractivity contribution in [1.29, 1.82) is 0 Å². The number of carbonyl (C=O) groups excluding carboxylic acids is 1. The molecular weight excluding hydrogens is 212 g/mol. The lowest BCUT2D eigenvalue weighted by Gasteiger charge is -2.12. The number of benzene rings is 1. The van der Waals surface area contributed by atoms with E-state index >= 15 is 0 Å². The van der Waals surface area contributed by atoms with Crippen molar-refractivity contribution in [2.45, 2.75) is 33.1 Å². The lowest BCUT2D eigenvalue weighted by atomic mass is 9.94. The third-order valence-corrected chi connectivity index (χ3v) is 3.64. The number of Topliss-reactive ketones (excluding diaryl/α,β-unsaturated/α-hetero) is 1. The molecule has 1 atom stereocenters. The van der Waals surface area contributed by atoms with Crippen molar-refractivity contribution in [1.82, 2.24) is 0 Å². The molecule has 1 fully saturated rings. The van der Waals surface area contributed by atoms with E-state index in [0.717, 1.165) is 11.3 Å². The topological polar surface area (TPSA) is 26.3 Å². The van der Waals surface area contributed by atoms with E-state index in [-0.39, 0.29) is 5.92 Å². The summed E-state index contributed by atoms with van der Waals surface area (Å²) in [6.07, 6.45) is 2.94. The highest BCUT2D eigenvalue weighted by Crippen LogP contribution is 2.37. The first-order chi connectivity index (χ1) is 8.11. The first-order valence-corrected chi connectivity index (χ1v) is 6.28. The third-order valence-electron chi connectivity index (χ3n) is 3.64. The second-order valence-corrected chi connectivity index (χ2v) is 5.08. The summed E-state index contributed by atoms with van der Waals surface area (Å²) in [4.78, 5) is 12.1. The van der Waals surface area contributed by atoms with Gasteiger partial charge in [0.05, 0.1) is 7.11 Å². The molecule has 1 unspecified atom stereocenters. The number of carbonyl (C=O) groups is 1. The molecule has 1 aromatic rings. The van der Waals surface area contributed by atoms with Gasteiger partial charge in [0.2, 0.25) is 0 Å². The summed E-state index contributed by atoms with van der Waals surface area (Å²) in [7, 11) is 1.66. The average molecular weight is 232 g/mol. The zero-order valence-corrected chi connectivity index (χ0v) is 10.8. The van der Waals surface area contributed by atoms with Crippen LogP contribution in [0.2, 0.25) is 0 Å². The minimum atomic E-state index is 0.209. The molecule has 0 bridgehead atoms. The van der Waals surface area contributed by atoms with Crippen molar-refractivity contribution in [3.8, 4) is 5.75 Å². The van der Waals surface area contributed by atoms with Crippen LogP contribution >= 0.6 is 0 Å². The van der Waals surface area contributed by atoms with E-state index in [2.05, 4.69) is 13.0 Å². The van der Waals surface area contributed by atoms with Gasteiger partial charge in [-0.05, 0) is 31.7 Å². The molecule has 0 heterocycles. The van der Waals surface area contributed by atoms with Crippen molar-refractivity contribution in [3.05, 3.63) is 29.3 Å². The molecule has 1 aliphatic carbocycles. The highest BCUT2D eigenvalue weighted by Gasteiger charge is 2.32. The maximum atomic E-state index is 12.1. The fourth-order valence-corrected chi connectivity index (χ4v) is 2.25. The van der Waals surface area contributed by atoms with Crippen LogP contribution < -0.4 is 4.74 Å². The van der Waals surface area contributed by atoms with E-state index in [1.165, 1.54) is 18.4 Å². The Balaban J connectivity index is 2.11. The predicted molar refractivity (Wildman–Crippen MR) is 68.3 cm³/mol. The van der Waals surface area contributed by atoms with E-state index in [4.69, 9.17) is 4.74 Å². The number of rotatable bonds is 5. The van der Waals surface area contributed by atoms with Gasteiger partial charge in [-0.2, -0.15) is 0 Å². The first-order valence-electron chi connectivity index (χ1n) is 6.28. The average Bonchev–Trinajstić information content (AvgIpc) is 3.12. The SMILES string of the molecule is COc1ccc(C)cc1CC(=O)C(C)C1CC1. The number of methoxy groups -OCH3 is 1. The lowest BCUT2D eigenvalue weighted by Crippen LogP contribution is -2.16. The van der Waals surface area contributed by atoms with Crippen LogP contribution in [-0.2, 0) is 11.2 Å². The highest BCUT2D eigenvalue weighted by molar-refractivity contribution is 5.84. The molecule has 92 valence electrons. The molecule has 1 saturated carbocycles. The molecule has 0 aliphatic heterocycles. The summed E-state index contributed by atoms with van der Waals surface area (Å²) in [5, 5.41) is 0. The van der Waals surface area contributed by atoms with Gasteiger partial charge in [0.15, 0.2) is 0 Å². The Bertz CT molecular complexity index is 419. The fourth-order valence-electron chi connectivity index (χ4n) is 2.25. The van der Waals surface area contributed by atoms with Crippen LogP contribution in [0.25, 0.3) is 0 Å². The molecule has 2 nitrogen and oxygen atoms in total. The van der Waals surface area contributed by atoms with Crippen molar-refractivity contribution < 1.29 is 9.53 Å². The van der Waals surface area contributed by atoms with Gasteiger partial charge in [0.1, 0.15) is 11.5 Å². The molecule has 1 aliphatic rings. The predicted octanol–water partition coefficient (Wildman–Crippen LogP) is 3.16. The zero-order valence-electron chi connectivity index (χ0n) is 10.8. The van der Waals surface area contributed by atoms with Crippen LogP contribution in [0.5, 0.6) is 5.75 Å². The molecule has 0 saturated heterocycles. The Labute approximate surface area is 103 Å². The summed E-state index contributed by atoms with van der Waals surface area (Å²) in [5.41, 5.74) is 2.19. The standard InChI is InChI=1S/C15H20O2/c1-10-4-7-15(17-3)13(8-10)9-14(16)11(2)12-5-6-12/h4,7-8,11-12H,5-6,9H2,1-3H3. The van der Waals surface area contributed by atoms with Crippen LogP contribution in [0.4, 0.5) is 0 Å². The monoisotopic (exact) mass is 232 g/mol. The van der Waals surface area contributed by atoms with Crippen LogP contribution in [0, 0.1) is 18.8 Å². The van der Waals surface area contributed by atoms with Gasteiger partial charge in [-0.15, -0.1) is 0 Å². The first kappa shape index (κ1) is 12.2. The summed E-state index contributed by atoms with van der Waals surface area (Å²) >= 11 is 0. The minimum absolute atomic E-state index is 0.209. The molecule has 17 heavy (non-hydrogen) atoms. The minimum Gasteiger partial charge on any atom is -0.496 e. The second-order valence-electron chi connectivity index (χ2n) is 5.08. The molecule has 0 aromatic heterocycles. The van der Waals surface area contributed by atoms with Crippen molar-refractivity contribution in [2.75, 3.05) is 7.11 Å². The van der Waals surface area contributed by atoms with Gasteiger partial charge in [-0.25, -0.2) is 0 Å². The van der Waals surface area contributed by atoms with Crippen LogP contribution in [0.15, 0.2) is 18.2 Å². The van der Waals surface area contributed by atoms with Crippen LogP contribution in [0.3, 0.4) is 0 Å². The van der Waals surface area contributed by atoms with Gasteiger partial charge in [-0.1, -0.05) is 24.6 Å². The van der Waals surface area contributed by atoms with E-state index in [9.17, 15) is 4.79 Å². The highest BCUT2D eigenvalue weighted by atomic mass is 16.5. The molecule has 1 aromatic carbocycles. The summed E-state index contributed by atoms with van der Waals surface area (Å²) in [6, 6.07) is 6.01. The molecular formula is C15H20O2. The molecule has 2 heteroatoms. The number of hydrogen-bond donors (Lipinski definition) is 0. The van der Waals surface area contributed by atoms with E-state index < -0.39 is 0 Å². The van der Waals surface area contributed by atoms with E-state index in [1.807, 2.05) is 19.1 Å². The Kier molecular flexibility index (Phi) is 3.51. The maximum absolute atomic E-state index is 12.1. The molecule has 2 rings (SSSR count). The third kappa shape index (κ3) is 2.87. The number of aryl methyl sites for hydroxylation is 1. The second kappa shape index (κ2) is 4.91. The normalized spacial score (nSPS) is 16.6. The Morgan fingerprint density at radius 2 is 2.18 bits per heavy atom. The van der Waals surface area contributed by atoms with E-state index in [1.54, 1.807) is 7.11 Å². The van der Waals surface area contributed by atoms with Crippen LogP contribution in [-0.4, -0.2) is 12.9 Å². The number of ether oxygens (including phenoxy) is 1. The quantitative estimate of drug-likeness (QED) is 0.779.